The molecule has 0 bridgehead atoms. The Morgan fingerprint density at radius 1 is 1.00 bits per heavy atom. The van der Waals surface area contributed by atoms with E-state index in [0.29, 0.717) is 19.5 Å². The summed E-state index contributed by atoms with van der Waals surface area (Å²) in [6.45, 7) is 4.47. The average molecular weight is 269 g/mol. The number of likely N-dealkylation sites (tertiary alicyclic amines) is 1. The Kier molecular flexibility index (Phi) is 4.63. The van der Waals surface area contributed by atoms with Crippen LogP contribution in [-0.4, -0.2) is 78.1 Å². The van der Waals surface area contributed by atoms with E-state index in [-0.39, 0.29) is 6.03 Å². The Bertz CT molecular complexity index is 348. The normalized spacial score (nSPS) is 26.1. The van der Waals surface area contributed by atoms with Crippen molar-refractivity contribution in [3.05, 3.63) is 0 Å². The maximum Gasteiger partial charge on any atom is 0.320 e. The second-order valence-corrected chi connectivity index (χ2v) is 5.55. The molecule has 1 unspecified atom stereocenters. The Labute approximate surface area is 114 Å². The second kappa shape index (κ2) is 6.23. The molecule has 0 aromatic heterocycles. The first-order valence-corrected chi connectivity index (χ1v) is 7.03. The summed E-state index contributed by atoms with van der Waals surface area (Å²) >= 11 is 0. The van der Waals surface area contributed by atoms with Gasteiger partial charge in [-0.1, -0.05) is 0 Å². The van der Waals surface area contributed by atoms with E-state index in [9.17, 15) is 9.59 Å². The minimum Gasteiger partial charge on any atom is -0.481 e. The summed E-state index contributed by atoms with van der Waals surface area (Å²) in [6.07, 6.45) is 2.46. The van der Waals surface area contributed by atoms with Gasteiger partial charge in [0.1, 0.15) is 0 Å². The van der Waals surface area contributed by atoms with Crippen LogP contribution in [-0.2, 0) is 4.79 Å². The molecule has 2 aliphatic rings. The van der Waals surface area contributed by atoms with Crippen LogP contribution >= 0.6 is 0 Å². The third kappa shape index (κ3) is 3.59. The quantitative estimate of drug-likeness (QED) is 0.754. The number of carboxylic acids is 1. The van der Waals surface area contributed by atoms with Crippen LogP contribution in [0, 0.1) is 5.92 Å². The van der Waals surface area contributed by atoms with E-state index < -0.39 is 11.9 Å². The van der Waals surface area contributed by atoms with Crippen LogP contribution in [0.4, 0.5) is 4.79 Å². The van der Waals surface area contributed by atoms with Crippen molar-refractivity contribution in [2.24, 2.45) is 5.92 Å². The molecule has 0 spiro atoms. The van der Waals surface area contributed by atoms with Gasteiger partial charge in [-0.3, -0.25) is 4.79 Å². The summed E-state index contributed by atoms with van der Waals surface area (Å²) in [5.74, 6) is -1.18. The van der Waals surface area contributed by atoms with Crippen molar-refractivity contribution in [1.29, 1.82) is 0 Å². The smallest absolute Gasteiger partial charge is 0.320 e. The number of amides is 2. The number of likely N-dealkylation sites (N-methyl/N-ethyl adjacent to an activating group) is 1. The van der Waals surface area contributed by atoms with E-state index in [2.05, 4.69) is 11.9 Å². The van der Waals surface area contributed by atoms with Crippen LogP contribution < -0.4 is 0 Å². The van der Waals surface area contributed by atoms with Crippen molar-refractivity contribution < 1.29 is 14.7 Å². The number of hydrogen-bond acceptors (Lipinski definition) is 3. The zero-order valence-electron chi connectivity index (χ0n) is 11.5. The first-order valence-electron chi connectivity index (χ1n) is 7.03. The number of nitrogens with zero attached hydrogens (tertiary/aromatic N) is 3. The lowest BCUT2D eigenvalue weighted by Crippen LogP contribution is -2.49. The fourth-order valence-corrected chi connectivity index (χ4v) is 2.79. The average Bonchev–Trinajstić information content (AvgIpc) is 2.63. The summed E-state index contributed by atoms with van der Waals surface area (Å²) in [5, 5.41) is 9.07. The van der Waals surface area contributed by atoms with Crippen molar-refractivity contribution >= 4 is 12.0 Å². The Morgan fingerprint density at radius 3 is 2.47 bits per heavy atom. The Morgan fingerprint density at radius 2 is 1.74 bits per heavy atom. The molecule has 0 aromatic carbocycles. The van der Waals surface area contributed by atoms with Crippen molar-refractivity contribution in [1.82, 2.24) is 14.7 Å². The number of carbonyl (C=O) groups excluding carboxylic acids is 1. The van der Waals surface area contributed by atoms with Gasteiger partial charge in [-0.05, 0) is 32.9 Å². The molecule has 2 saturated heterocycles. The first-order chi connectivity index (χ1) is 9.08. The highest BCUT2D eigenvalue weighted by atomic mass is 16.4. The first kappa shape index (κ1) is 14.1. The van der Waals surface area contributed by atoms with Crippen molar-refractivity contribution in [2.75, 3.05) is 46.3 Å². The molecular formula is C13H23N3O3. The fourth-order valence-electron chi connectivity index (χ4n) is 2.79. The summed E-state index contributed by atoms with van der Waals surface area (Å²) in [7, 11) is 2.06. The highest BCUT2D eigenvalue weighted by Crippen LogP contribution is 2.18. The molecule has 6 heteroatoms. The van der Waals surface area contributed by atoms with Crippen LogP contribution in [0.15, 0.2) is 0 Å². The zero-order chi connectivity index (χ0) is 13.8. The number of piperidine rings is 1. The Balaban J connectivity index is 1.93. The maximum absolute atomic E-state index is 12.4. The predicted octanol–water partition coefficient (Wildman–Crippen LogP) is 0.540. The van der Waals surface area contributed by atoms with Gasteiger partial charge in [-0.25, -0.2) is 4.79 Å². The lowest BCUT2D eigenvalue weighted by molar-refractivity contribution is -0.143. The largest absolute Gasteiger partial charge is 0.481 e. The van der Waals surface area contributed by atoms with Crippen LogP contribution in [0.25, 0.3) is 0 Å². The number of aliphatic carboxylic acids is 1. The third-order valence-corrected chi connectivity index (χ3v) is 4.03. The molecule has 6 nitrogen and oxygen atoms in total. The molecule has 2 aliphatic heterocycles. The molecule has 0 radical (unpaired) electrons. The van der Waals surface area contributed by atoms with E-state index in [1.807, 2.05) is 4.90 Å². The van der Waals surface area contributed by atoms with Crippen molar-refractivity contribution in [2.45, 2.75) is 19.3 Å². The van der Waals surface area contributed by atoms with E-state index in [1.165, 1.54) is 0 Å². The van der Waals surface area contributed by atoms with Gasteiger partial charge in [0.05, 0.1) is 5.92 Å². The minimum atomic E-state index is -0.784. The van der Waals surface area contributed by atoms with Crippen LogP contribution in [0.5, 0.6) is 0 Å². The van der Waals surface area contributed by atoms with Gasteiger partial charge >= 0.3 is 12.0 Å². The molecule has 2 amide bonds. The Hall–Kier alpha value is -1.30. The summed E-state index contributed by atoms with van der Waals surface area (Å²) < 4.78 is 0. The van der Waals surface area contributed by atoms with E-state index in [0.717, 1.165) is 39.0 Å². The summed E-state index contributed by atoms with van der Waals surface area (Å²) in [5.41, 5.74) is 0. The van der Waals surface area contributed by atoms with E-state index >= 15 is 0 Å². The molecule has 2 fully saturated rings. The molecule has 1 atom stereocenters. The molecule has 108 valence electrons. The lowest BCUT2D eigenvalue weighted by atomic mass is 9.99. The maximum atomic E-state index is 12.4. The molecule has 1 N–H and O–H groups in total. The molecule has 0 aliphatic carbocycles. The monoisotopic (exact) mass is 269 g/mol. The minimum absolute atomic E-state index is 0.0150. The van der Waals surface area contributed by atoms with Gasteiger partial charge in [0, 0.05) is 32.7 Å². The topological polar surface area (TPSA) is 64.1 Å². The third-order valence-electron chi connectivity index (χ3n) is 4.03. The molecule has 19 heavy (non-hydrogen) atoms. The van der Waals surface area contributed by atoms with Crippen molar-refractivity contribution in [3.8, 4) is 0 Å². The van der Waals surface area contributed by atoms with Gasteiger partial charge in [-0.15, -0.1) is 0 Å². The molecular weight excluding hydrogens is 246 g/mol. The van der Waals surface area contributed by atoms with Gasteiger partial charge in [0.15, 0.2) is 0 Å². The molecule has 2 rings (SSSR count). The van der Waals surface area contributed by atoms with Gasteiger partial charge in [-0.2, -0.15) is 0 Å². The summed E-state index contributed by atoms with van der Waals surface area (Å²) in [6, 6.07) is 0.0150. The fraction of sp³-hybridized carbons (Fsp3) is 0.846. The van der Waals surface area contributed by atoms with Crippen LogP contribution in [0.3, 0.4) is 0 Å². The highest BCUT2D eigenvalue weighted by Gasteiger charge is 2.30. The second-order valence-electron chi connectivity index (χ2n) is 5.55. The van der Waals surface area contributed by atoms with Gasteiger partial charge in [0.25, 0.3) is 0 Å². The molecule has 0 saturated carbocycles. The van der Waals surface area contributed by atoms with Crippen LogP contribution in [0.2, 0.25) is 0 Å². The van der Waals surface area contributed by atoms with Crippen molar-refractivity contribution in [3.63, 3.8) is 0 Å². The number of carbonyl (C=O) groups is 2. The lowest BCUT2D eigenvalue weighted by Gasteiger charge is -2.34. The molecule has 2 heterocycles. The molecule has 0 aromatic rings. The SMILES string of the molecule is CN1CCCN(C(=O)N2CCCC(C(=O)O)C2)CC1. The standard InChI is InChI=1S/C13H23N3O3/c1-14-5-3-7-15(9-8-14)13(19)16-6-2-4-11(10-16)12(17)18/h11H,2-10H2,1H3,(H,17,18). The number of rotatable bonds is 1. The zero-order valence-corrected chi connectivity index (χ0v) is 11.5. The summed E-state index contributed by atoms with van der Waals surface area (Å²) in [4.78, 5) is 29.3. The number of hydrogen-bond donors (Lipinski definition) is 1. The number of carboxylic acid groups (broad SMARTS) is 1. The van der Waals surface area contributed by atoms with E-state index in [4.69, 9.17) is 5.11 Å². The van der Waals surface area contributed by atoms with Crippen LogP contribution in [0.1, 0.15) is 19.3 Å². The van der Waals surface area contributed by atoms with E-state index in [1.54, 1.807) is 4.90 Å². The predicted molar refractivity (Wildman–Crippen MR) is 71.0 cm³/mol. The highest BCUT2D eigenvalue weighted by molar-refractivity contribution is 5.76. The van der Waals surface area contributed by atoms with Gasteiger partial charge < -0.3 is 19.8 Å². The van der Waals surface area contributed by atoms with Gasteiger partial charge in [0.2, 0.25) is 0 Å². The number of urea groups is 1.